The monoisotopic (exact) mass is 364 g/mol. The third-order valence-electron chi connectivity index (χ3n) is 3.19. The van der Waals surface area contributed by atoms with Crippen LogP contribution in [0.1, 0.15) is 5.56 Å². The van der Waals surface area contributed by atoms with E-state index in [4.69, 9.17) is 0 Å². The lowest BCUT2D eigenvalue weighted by atomic mass is 10.1. The summed E-state index contributed by atoms with van der Waals surface area (Å²) in [6.45, 7) is 2.00. The van der Waals surface area contributed by atoms with Gasteiger partial charge in [-0.05, 0) is 42.8 Å². The van der Waals surface area contributed by atoms with Crippen LogP contribution in [0.5, 0.6) is 0 Å². The molecule has 4 nitrogen and oxygen atoms in total. The maximum atomic E-state index is 11.8. The number of nitrogens with one attached hydrogen (secondary N) is 1. The molecule has 0 aliphatic rings. The van der Waals surface area contributed by atoms with E-state index >= 15 is 0 Å². The lowest BCUT2D eigenvalue weighted by Gasteiger charge is -2.00. The Morgan fingerprint density at radius 1 is 1.19 bits per heavy atom. The highest BCUT2D eigenvalue weighted by Gasteiger charge is 2.15. The van der Waals surface area contributed by atoms with Gasteiger partial charge in [-0.2, -0.15) is 0 Å². The molecule has 0 bridgehead atoms. The first-order chi connectivity index (χ1) is 9.84. The highest BCUT2D eigenvalue weighted by Crippen LogP contribution is 2.27. The normalized spacial score (nSPS) is 12.0. The Kier molecular flexibility index (Phi) is 3.37. The smallest absolute Gasteiger partial charge is 0.177 e. The Labute approximate surface area is 131 Å². The molecule has 0 saturated carbocycles. The molecule has 1 aromatic heterocycles. The minimum atomic E-state index is -3.31. The zero-order chi connectivity index (χ0) is 15.2. The Morgan fingerprint density at radius 3 is 2.62 bits per heavy atom. The van der Waals surface area contributed by atoms with Crippen LogP contribution in [0, 0.1) is 6.92 Å². The van der Waals surface area contributed by atoms with Crippen LogP contribution in [0.4, 0.5) is 0 Å². The topological polar surface area (TPSA) is 62.8 Å². The van der Waals surface area contributed by atoms with Crippen LogP contribution in [0.3, 0.4) is 0 Å². The maximum absolute atomic E-state index is 11.8. The number of hydrogen-bond acceptors (Lipinski definition) is 3. The van der Waals surface area contributed by atoms with Crippen LogP contribution in [0.25, 0.3) is 22.4 Å². The number of benzene rings is 2. The van der Waals surface area contributed by atoms with Crippen LogP contribution in [0.2, 0.25) is 0 Å². The molecule has 0 spiro atoms. The number of aromatic amines is 1. The number of para-hydroxylation sites is 1. The summed E-state index contributed by atoms with van der Waals surface area (Å²) < 4.78 is 24.6. The maximum Gasteiger partial charge on any atom is 0.177 e. The number of H-pyrrole nitrogens is 1. The quantitative estimate of drug-likeness (QED) is 0.753. The highest BCUT2D eigenvalue weighted by atomic mass is 79.9. The number of fused-ring (bicyclic) bond motifs is 1. The van der Waals surface area contributed by atoms with Gasteiger partial charge in [-0.3, -0.25) is 0 Å². The number of hydrogen-bond donors (Lipinski definition) is 1. The Morgan fingerprint density at radius 2 is 1.95 bits per heavy atom. The standard InChI is InChI=1S/C15H13BrN2O2S/c1-9-6-10(8-11(16)7-9)15-17-12-4-3-5-13(14(12)18-15)21(2,19)20/h3-8H,1-2H3,(H,17,18). The van der Waals surface area contributed by atoms with E-state index in [9.17, 15) is 8.42 Å². The number of aryl methyl sites for hydroxylation is 1. The van der Waals surface area contributed by atoms with Crippen molar-refractivity contribution in [1.29, 1.82) is 0 Å². The number of rotatable bonds is 2. The molecule has 0 atom stereocenters. The van der Waals surface area contributed by atoms with Gasteiger partial charge < -0.3 is 4.98 Å². The van der Waals surface area contributed by atoms with Gasteiger partial charge in [0.2, 0.25) is 0 Å². The van der Waals surface area contributed by atoms with Crippen molar-refractivity contribution in [2.24, 2.45) is 0 Å². The minimum Gasteiger partial charge on any atom is -0.338 e. The number of aromatic nitrogens is 2. The van der Waals surface area contributed by atoms with Crippen LogP contribution in [0.15, 0.2) is 45.8 Å². The predicted octanol–water partition coefficient (Wildman–Crippen LogP) is 3.70. The van der Waals surface area contributed by atoms with Gasteiger partial charge in [-0.1, -0.05) is 22.0 Å². The average molecular weight is 365 g/mol. The van der Waals surface area contributed by atoms with E-state index in [0.717, 1.165) is 15.6 Å². The molecule has 0 unspecified atom stereocenters. The fourth-order valence-corrected chi connectivity index (χ4v) is 3.76. The first-order valence-electron chi connectivity index (χ1n) is 6.31. The van der Waals surface area contributed by atoms with Gasteiger partial charge in [-0.15, -0.1) is 0 Å². The van der Waals surface area contributed by atoms with Crippen molar-refractivity contribution >= 4 is 36.8 Å². The van der Waals surface area contributed by atoms with Gasteiger partial charge in [0.15, 0.2) is 9.84 Å². The molecule has 6 heteroatoms. The molecule has 2 aromatic carbocycles. The van der Waals surface area contributed by atoms with Crippen molar-refractivity contribution in [1.82, 2.24) is 9.97 Å². The molecule has 0 fully saturated rings. The van der Waals surface area contributed by atoms with Gasteiger partial charge in [0.05, 0.1) is 10.4 Å². The molecular weight excluding hydrogens is 352 g/mol. The fraction of sp³-hybridized carbons (Fsp3) is 0.133. The minimum absolute atomic E-state index is 0.245. The molecule has 0 aliphatic heterocycles. The van der Waals surface area contributed by atoms with Gasteiger partial charge in [0, 0.05) is 16.3 Å². The predicted molar refractivity (Wildman–Crippen MR) is 87.1 cm³/mol. The van der Waals surface area contributed by atoms with Gasteiger partial charge in [-0.25, -0.2) is 13.4 Å². The lowest BCUT2D eigenvalue weighted by molar-refractivity contribution is 0.602. The molecule has 21 heavy (non-hydrogen) atoms. The van der Waals surface area contributed by atoms with Crippen molar-refractivity contribution in [3.05, 3.63) is 46.4 Å². The van der Waals surface area contributed by atoms with Crippen molar-refractivity contribution in [2.75, 3.05) is 6.26 Å². The summed E-state index contributed by atoms with van der Waals surface area (Å²) in [5, 5.41) is 0. The van der Waals surface area contributed by atoms with Gasteiger partial charge in [0.1, 0.15) is 11.3 Å². The third-order valence-corrected chi connectivity index (χ3v) is 4.78. The molecule has 0 aliphatic carbocycles. The van der Waals surface area contributed by atoms with E-state index in [1.165, 1.54) is 6.26 Å². The summed E-state index contributed by atoms with van der Waals surface area (Å²) in [5.74, 6) is 0.658. The highest BCUT2D eigenvalue weighted by molar-refractivity contribution is 9.10. The molecule has 3 aromatic rings. The second-order valence-corrected chi connectivity index (χ2v) is 7.93. The number of imidazole rings is 1. The molecule has 108 valence electrons. The summed E-state index contributed by atoms with van der Waals surface area (Å²) in [4.78, 5) is 7.90. The summed E-state index contributed by atoms with van der Waals surface area (Å²) in [6, 6.07) is 11.1. The fourth-order valence-electron chi connectivity index (χ4n) is 2.31. The van der Waals surface area contributed by atoms with E-state index in [1.54, 1.807) is 12.1 Å². The molecular formula is C15H13BrN2O2S. The first kappa shape index (κ1) is 14.3. The van der Waals surface area contributed by atoms with E-state index in [-0.39, 0.29) is 4.90 Å². The second kappa shape index (κ2) is 4.96. The average Bonchev–Trinajstić information content (AvgIpc) is 2.79. The van der Waals surface area contributed by atoms with Crippen LogP contribution < -0.4 is 0 Å². The second-order valence-electron chi connectivity index (χ2n) is 5.03. The SMILES string of the molecule is Cc1cc(Br)cc(-c2nc3c(S(C)(=O)=O)cccc3[nH]2)c1. The molecule has 0 radical (unpaired) electrons. The van der Waals surface area contributed by atoms with E-state index in [2.05, 4.69) is 25.9 Å². The summed E-state index contributed by atoms with van der Waals surface area (Å²) >= 11 is 3.46. The van der Waals surface area contributed by atoms with Crippen molar-refractivity contribution in [2.45, 2.75) is 11.8 Å². The van der Waals surface area contributed by atoms with Gasteiger partial charge >= 0.3 is 0 Å². The third kappa shape index (κ3) is 2.73. The van der Waals surface area contributed by atoms with E-state index in [0.29, 0.717) is 16.9 Å². The number of nitrogens with zero attached hydrogens (tertiary/aromatic N) is 1. The number of halogens is 1. The van der Waals surface area contributed by atoms with Crippen molar-refractivity contribution < 1.29 is 8.42 Å². The molecule has 0 amide bonds. The van der Waals surface area contributed by atoms with Crippen LogP contribution in [-0.2, 0) is 9.84 Å². The Hall–Kier alpha value is -1.66. The molecule has 3 rings (SSSR count). The summed E-state index contributed by atoms with van der Waals surface area (Å²) in [6.07, 6.45) is 1.19. The van der Waals surface area contributed by atoms with Crippen molar-refractivity contribution in [3.8, 4) is 11.4 Å². The first-order valence-corrected chi connectivity index (χ1v) is 8.99. The van der Waals surface area contributed by atoms with E-state index in [1.807, 2.05) is 31.2 Å². The van der Waals surface area contributed by atoms with Crippen LogP contribution in [-0.4, -0.2) is 24.6 Å². The van der Waals surface area contributed by atoms with E-state index < -0.39 is 9.84 Å². The zero-order valence-corrected chi connectivity index (χ0v) is 13.9. The lowest BCUT2D eigenvalue weighted by Crippen LogP contribution is -1.97. The summed E-state index contributed by atoms with van der Waals surface area (Å²) in [7, 11) is -3.31. The largest absolute Gasteiger partial charge is 0.338 e. The molecule has 0 saturated heterocycles. The Bertz CT molecular complexity index is 925. The molecule has 1 heterocycles. The Balaban J connectivity index is 2.27. The number of sulfone groups is 1. The van der Waals surface area contributed by atoms with Crippen LogP contribution >= 0.6 is 15.9 Å². The summed E-state index contributed by atoms with van der Waals surface area (Å²) in [5.41, 5.74) is 3.21. The zero-order valence-electron chi connectivity index (χ0n) is 11.5. The molecule has 1 N–H and O–H groups in total. The van der Waals surface area contributed by atoms with Crippen molar-refractivity contribution in [3.63, 3.8) is 0 Å². The van der Waals surface area contributed by atoms with Gasteiger partial charge in [0.25, 0.3) is 0 Å².